The van der Waals surface area contributed by atoms with Crippen LogP contribution in [0, 0.1) is 0 Å². The van der Waals surface area contributed by atoms with Gasteiger partial charge in [0.25, 0.3) is 5.91 Å². The molecule has 0 bridgehead atoms. The molecule has 3 aromatic rings. The highest BCUT2D eigenvalue weighted by Crippen LogP contribution is 2.26. The average Bonchev–Trinajstić information content (AvgIpc) is 3.32. The quantitative estimate of drug-likeness (QED) is 0.370. The van der Waals surface area contributed by atoms with Gasteiger partial charge in [-0.25, -0.2) is 9.97 Å². The molecule has 0 unspecified atom stereocenters. The third kappa shape index (κ3) is 5.95. The summed E-state index contributed by atoms with van der Waals surface area (Å²) < 4.78 is 7.79. The van der Waals surface area contributed by atoms with Gasteiger partial charge in [-0.15, -0.1) is 0 Å². The Hall–Kier alpha value is -2.72. The largest absolute Gasteiger partial charge is 0.361 e. The first-order valence-corrected chi connectivity index (χ1v) is 14.7. The number of aromatic nitrogens is 5. The zero-order valence-electron chi connectivity index (χ0n) is 20.2. The van der Waals surface area contributed by atoms with Crippen LogP contribution in [0.2, 0.25) is 25.7 Å². The molecule has 2 N–H and O–H groups in total. The minimum atomic E-state index is -1.18. The Labute approximate surface area is 190 Å². The molecule has 1 amide bonds. The second-order valence-electron chi connectivity index (χ2n) is 10.2. The molecule has 0 saturated heterocycles. The molecule has 3 aromatic heterocycles. The number of H-pyrrole nitrogens is 1. The Morgan fingerprint density at radius 2 is 2.03 bits per heavy atom. The lowest BCUT2D eigenvalue weighted by atomic mass is 10.1. The van der Waals surface area contributed by atoms with E-state index in [2.05, 4.69) is 40.1 Å². The first-order valence-electron chi connectivity index (χ1n) is 11.0. The number of ether oxygens (including phenoxy) is 1. The third-order valence-electron chi connectivity index (χ3n) is 4.90. The van der Waals surface area contributed by atoms with Crippen molar-refractivity contribution in [1.29, 1.82) is 0 Å². The lowest BCUT2D eigenvalue weighted by Gasteiger charge is -2.21. The summed E-state index contributed by atoms with van der Waals surface area (Å²) in [6, 6.07) is 1.08. The van der Waals surface area contributed by atoms with Gasteiger partial charge in [0.1, 0.15) is 12.2 Å². The Balaban J connectivity index is 1.97. The van der Waals surface area contributed by atoms with Crippen molar-refractivity contribution >= 4 is 36.7 Å². The molecule has 0 aliphatic rings. The fourth-order valence-corrected chi connectivity index (χ4v) is 4.01. The number of amides is 1. The van der Waals surface area contributed by atoms with Crippen LogP contribution in [0.15, 0.2) is 24.8 Å². The van der Waals surface area contributed by atoms with E-state index in [1.54, 1.807) is 24.8 Å². The molecule has 0 fully saturated rings. The van der Waals surface area contributed by atoms with Crippen LogP contribution in [0.3, 0.4) is 0 Å². The third-order valence-corrected chi connectivity index (χ3v) is 6.60. The Bertz CT molecular complexity index is 1050. The zero-order valence-corrected chi connectivity index (χ0v) is 21.2. The average molecular weight is 458 g/mol. The topological polar surface area (TPSA) is 101 Å². The number of hydrogen-bond donors (Lipinski definition) is 2. The van der Waals surface area contributed by atoms with E-state index in [-0.39, 0.29) is 11.4 Å². The maximum atomic E-state index is 13.1. The molecule has 0 spiro atoms. The fraction of sp³-hybridized carbons (Fsp3) is 0.545. The fourth-order valence-electron chi connectivity index (χ4n) is 3.25. The van der Waals surface area contributed by atoms with Crippen LogP contribution in [0.1, 0.15) is 38.1 Å². The van der Waals surface area contributed by atoms with Gasteiger partial charge >= 0.3 is 0 Å². The lowest BCUT2D eigenvalue weighted by Crippen LogP contribution is -2.40. The number of nitrogens with zero attached hydrogens (tertiary/aromatic N) is 5. The summed E-state index contributed by atoms with van der Waals surface area (Å²) >= 11 is 0. The van der Waals surface area contributed by atoms with Gasteiger partial charge in [-0.05, 0) is 33.7 Å². The first kappa shape index (κ1) is 23.9. The van der Waals surface area contributed by atoms with Gasteiger partial charge in [0.15, 0.2) is 11.5 Å². The van der Waals surface area contributed by atoms with Crippen LogP contribution >= 0.6 is 0 Å². The van der Waals surface area contributed by atoms with E-state index in [1.807, 2.05) is 37.2 Å². The zero-order chi connectivity index (χ0) is 23.5. The summed E-state index contributed by atoms with van der Waals surface area (Å²) in [4.78, 5) is 24.6. The number of nitrogens with one attached hydrogen (secondary N) is 2. The van der Waals surface area contributed by atoms with Crippen molar-refractivity contribution in [2.45, 2.75) is 65.6 Å². The number of anilines is 2. The second-order valence-corrected chi connectivity index (χ2v) is 15.8. The van der Waals surface area contributed by atoms with Crippen molar-refractivity contribution in [3.05, 3.63) is 30.4 Å². The molecule has 3 rings (SSSR count). The van der Waals surface area contributed by atoms with Gasteiger partial charge < -0.3 is 19.5 Å². The first-order chi connectivity index (χ1) is 15.0. The SMILES string of the molecule is CCN(c1cn[nH]c1)c1cnc2c(n1)c(C(=O)NC(C)(C)C)cn2COCC[Si](C)(C)C. The Kier molecular flexibility index (Phi) is 7.04. The van der Waals surface area contributed by atoms with Crippen LogP contribution < -0.4 is 10.2 Å². The molecule has 0 radical (unpaired) electrons. The molecule has 32 heavy (non-hydrogen) atoms. The van der Waals surface area contributed by atoms with Crippen molar-refractivity contribution in [3.8, 4) is 0 Å². The van der Waals surface area contributed by atoms with E-state index in [0.717, 1.165) is 11.7 Å². The number of fused-ring (bicyclic) bond motifs is 1. The maximum absolute atomic E-state index is 13.1. The van der Waals surface area contributed by atoms with Gasteiger partial charge in [0.2, 0.25) is 0 Å². The molecular weight excluding hydrogens is 422 g/mol. The van der Waals surface area contributed by atoms with Crippen molar-refractivity contribution < 1.29 is 9.53 Å². The molecule has 10 heteroatoms. The van der Waals surface area contributed by atoms with Crippen LogP contribution in [0.25, 0.3) is 11.2 Å². The van der Waals surface area contributed by atoms with Gasteiger partial charge in [-0.1, -0.05) is 19.6 Å². The molecule has 174 valence electrons. The number of carbonyl (C=O) groups is 1. The van der Waals surface area contributed by atoms with E-state index in [0.29, 0.717) is 42.4 Å². The van der Waals surface area contributed by atoms with Crippen LogP contribution in [-0.2, 0) is 11.5 Å². The highest BCUT2D eigenvalue weighted by atomic mass is 28.3. The van der Waals surface area contributed by atoms with E-state index < -0.39 is 8.07 Å². The molecule has 0 atom stereocenters. The van der Waals surface area contributed by atoms with Crippen molar-refractivity contribution in [2.24, 2.45) is 0 Å². The van der Waals surface area contributed by atoms with Crippen LogP contribution in [0.5, 0.6) is 0 Å². The predicted molar refractivity (Wildman–Crippen MR) is 130 cm³/mol. The van der Waals surface area contributed by atoms with Crippen molar-refractivity contribution in [3.63, 3.8) is 0 Å². The molecule has 0 saturated carbocycles. The number of carbonyl (C=O) groups excluding carboxylic acids is 1. The summed E-state index contributed by atoms with van der Waals surface area (Å²) in [6.45, 7) is 16.6. The summed E-state index contributed by atoms with van der Waals surface area (Å²) in [7, 11) is -1.18. The highest BCUT2D eigenvalue weighted by Gasteiger charge is 2.23. The van der Waals surface area contributed by atoms with Crippen molar-refractivity contribution in [2.75, 3.05) is 18.1 Å². The number of hydrogen-bond acceptors (Lipinski definition) is 6. The van der Waals surface area contributed by atoms with E-state index >= 15 is 0 Å². The predicted octanol–water partition coefficient (Wildman–Crippen LogP) is 4.15. The second kappa shape index (κ2) is 9.41. The van der Waals surface area contributed by atoms with Gasteiger partial charge in [-0.2, -0.15) is 5.10 Å². The summed E-state index contributed by atoms with van der Waals surface area (Å²) in [5, 5.41) is 9.89. The van der Waals surface area contributed by atoms with E-state index in [1.165, 1.54) is 0 Å². The lowest BCUT2D eigenvalue weighted by molar-refractivity contribution is 0.0886. The monoisotopic (exact) mass is 457 g/mol. The summed E-state index contributed by atoms with van der Waals surface area (Å²) in [5.41, 5.74) is 2.19. The van der Waals surface area contributed by atoms with Crippen LogP contribution in [-0.4, -0.2) is 57.4 Å². The number of aromatic amines is 1. The minimum absolute atomic E-state index is 0.179. The molecular formula is C22H35N7O2Si. The van der Waals surface area contributed by atoms with Gasteiger partial charge in [-0.3, -0.25) is 9.89 Å². The number of rotatable bonds is 9. The molecule has 0 aliphatic heterocycles. The smallest absolute Gasteiger partial charge is 0.255 e. The molecule has 3 heterocycles. The summed E-state index contributed by atoms with van der Waals surface area (Å²) in [6.07, 6.45) is 7.06. The van der Waals surface area contributed by atoms with E-state index in [9.17, 15) is 4.79 Å². The standard InChI is InChI=1S/C22H35N7O2Si/c1-8-29(16-11-24-25-12-16)18-13-23-20-19(26-18)17(21(30)27-22(2,3)4)14-28(20)15-31-9-10-32(5,6)7/h11-14H,8-10,15H2,1-7H3,(H,24,25)(H,27,30). The maximum Gasteiger partial charge on any atom is 0.255 e. The summed E-state index contributed by atoms with van der Waals surface area (Å²) in [5.74, 6) is 0.477. The molecule has 9 nitrogen and oxygen atoms in total. The van der Waals surface area contributed by atoms with Crippen LogP contribution in [0.4, 0.5) is 11.5 Å². The molecule has 0 aromatic carbocycles. The van der Waals surface area contributed by atoms with E-state index in [4.69, 9.17) is 9.72 Å². The Morgan fingerprint density at radius 3 is 2.62 bits per heavy atom. The van der Waals surface area contributed by atoms with Gasteiger partial charge in [0.05, 0.1) is 23.6 Å². The van der Waals surface area contributed by atoms with Gasteiger partial charge in [0, 0.05) is 39.2 Å². The normalized spacial score (nSPS) is 12.3. The Morgan fingerprint density at radius 1 is 1.28 bits per heavy atom. The molecule has 0 aliphatic carbocycles. The van der Waals surface area contributed by atoms with Crippen molar-refractivity contribution in [1.82, 2.24) is 30.0 Å². The minimum Gasteiger partial charge on any atom is -0.361 e. The highest BCUT2D eigenvalue weighted by molar-refractivity contribution is 6.76.